The molecule has 0 radical (unpaired) electrons. The molecule has 0 aromatic heterocycles. The summed E-state index contributed by atoms with van der Waals surface area (Å²) < 4.78 is 0. The Balaban J connectivity index is 2.73. The molecular formula is C17H26ClNO11. The predicted octanol–water partition coefficient (Wildman–Crippen LogP) is -2.10. The van der Waals surface area contributed by atoms with Gasteiger partial charge in [0.25, 0.3) is 0 Å². The highest BCUT2D eigenvalue weighted by molar-refractivity contribution is 6.34. The second-order valence-electron chi connectivity index (χ2n) is 7.91. The summed E-state index contributed by atoms with van der Waals surface area (Å²) in [7, 11) is 2.83. The van der Waals surface area contributed by atoms with Gasteiger partial charge < -0.3 is 61.1 Å². The highest BCUT2D eigenvalue weighted by Crippen LogP contribution is 2.60. The first kappa shape index (κ1) is 24.7. The molecule has 13 heteroatoms. The lowest BCUT2D eigenvalue weighted by molar-refractivity contribution is -0.497. The van der Waals surface area contributed by atoms with E-state index >= 15 is 0 Å². The number of phenolic OH excluding ortho intramolecular Hbond substituents is 4. The fourth-order valence-electron chi connectivity index (χ4n) is 4.10. The van der Waals surface area contributed by atoms with E-state index in [-0.39, 0.29) is 12.8 Å². The molecule has 1 atom stereocenters. The molecule has 11 N–H and O–H groups in total. The van der Waals surface area contributed by atoms with Crippen LogP contribution in [0.5, 0.6) is 23.0 Å². The molecule has 1 fully saturated rings. The molecule has 0 amide bonds. The third kappa shape index (κ3) is 3.53. The maximum atomic E-state index is 10.5. The zero-order valence-electron chi connectivity index (χ0n) is 16.2. The number of nitrogens with zero attached hydrogens (tertiary/aromatic N) is 1. The molecule has 1 unspecified atom stereocenters. The minimum atomic E-state index is -4.20. The van der Waals surface area contributed by atoms with Gasteiger partial charge in [0.15, 0.2) is 23.0 Å². The molecule has 1 saturated carbocycles. The molecule has 1 aliphatic carbocycles. The summed E-state index contributed by atoms with van der Waals surface area (Å²) in [5, 5.41) is 108. The second-order valence-corrected chi connectivity index (χ2v) is 8.29. The number of phenols is 4. The van der Waals surface area contributed by atoms with Crippen molar-refractivity contribution >= 4 is 11.6 Å². The van der Waals surface area contributed by atoms with E-state index in [4.69, 9.17) is 11.6 Å². The molecule has 0 saturated heterocycles. The lowest BCUT2D eigenvalue weighted by Crippen LogP contribution is -2.71. The molecule has 1 aromatic rings. The summed E-state index contributed by atoms with van der Waals surface area (Å²) in [6.07, 6.45) is -0.372. The van der Waals surface area contributed by atoms with Crippen LogP contribution in [0.1, 0.15) is 31.2 Å². The number of hydrogen-bond donors (Lipinski definition) is 11. The summed E-state index contributed by atoms with van der Waals surface area (Å²) >= 11 is 5.67. The third-order valence-electron chi connectivity index (χ3n) is 5.94. The highest BCUT2D eigenvalue weighted by Gasteiger charge is 2.65. The van der Waals surface area contributed by atoms with Crippen molar-refractivity contribution in [2.75, 3.05) is 14.1 Å². The number of aliphatic hydroxyl groups is 7. The van der Waals surface area contributed by atoms with Crippen LogP contribution in [0.2, 0.25) is 5.02 Å². The van der Waals surface area contributed by atoms with Gasteiger partial charge in [-0.3, -0.25) is 0 Å². The average Bonchev–Trinajstić information content (AvgIpc) is 2.56. The zero-order chi connectivity index (χ0) is 23.4. The Labute approximate surface area is 175 Å². The van der Waals surface area contributed by atoms with Crippen LogP contribution in [0.15, 0.2) is 0 Å². The summed E-state index contributed by atoms with van der Waals surface area (Å²) in [5.41, 5.74) is -5.57. The lowest BCUT2D eigenvalue weighted by atomic mass is 9.57. The Kier molecular flexibility index (Phi) is 6.17. The van der Waals surface area contributed by atoms with Gasteiger partial charge in [-0.25, -0.2) is 0 Å². The zero-order valence-corrected chi connectivity index (χ0v) is 16.9. The standard InChI is InChI=1S/C17H26ClNO11/c1-19(2)7(6-15(24,16(25,26)27)17(28,29)30)14(4-3-5-14)8-10(20)12(22)9(18)13(23)11(8)21/h7,20-30H,3-6H2,1-2H3. The molecule has 12 nitrogen and oxygen atoms in total. The first-order valence-corrected chi connectivity index (χ1v) is 9.19. The van der Waals surface area contributed by atoms with E-state index in [1.54, 1.807) is 0 Å². The van der Waals surface area contributed by atoms with Crippen LogP contribution < -0.4 is 0 Å². The smallest absolute Gasteiger partial charge is 0.314 e. The van der Waals surface area contributed by atoms with Gasteiger partial charge >= 0.3 is 11.9 Å². The maximum Gasteiger partial charge on any atom is 0.314 e. The van der Waals surface area contributed by atoms with Gasteiger partial charge in [-0.2, -0.15) is 0 Å². The normalized spacial score (nSPS) is 18.4. The molecule has 0 bridgehead atoms. The van der Waals surface area contributed by atoms with Crippen LogP contribution in [0.3, 0.4) is 0 Å². The fraction of sp³-hybridized carbons (Fsp3) is 0.647. The third-order valence-corrected chi connectivity index (χ3v) is 6.30. The number of rotatable bonds is 7. The quantitative estimate of drug-likeness (QED) is 0.121. The van der Waals surface area contributed by atoms with Crippen molar-refractivity contribution in [1.29, 1.82) is 0 Å². The molecule has 0 heterocycles. The van der Waals surface area contributed by atoms with Gasteiger partial charge in [0.05, 0.1) is 5.56 Å². The van der Waals surface area contributed by atoms with Gasteiger partial charge in [0, 0.05) is 17.9 Å². The molecule has 172 valence electrons. The molecule has 30 heavy (non-hydrogen) atoms. The largest absolute Gasteiger partial charge is 0.504 e. The predicted molar refractivity (Wildman–Crippen MR) is 99.5 cm³/mol. The van der Waals surface area contributed by atoms with Crippen LogP contribution >= 0.6 is 11.6 Å². The molecule has 0 spiro atoms. The van der Waals surface area contributed by atoms with E-state index < -0.39 is 69.0 Å². The van der Waals surface area contributed by atoms with Crippen LogP contribution in [-0.4, -0.2) is 98.8 Å². The number of hydrogen-bond acceptors (Lipinski definition) is 12. The highest BCUT2D eigenvalue weighted by atomic mass is 35.5. The van der Waals surface area contributed by atoms with Gasteiger partial charge in [0.2, 0.25) is 5.60 Å². The van der Waals surface area contributed by atoms with Crippen molar-refractivity contribution in [3.8, 4) is 23.0 Å². The van der Waals surface area contributed by atoms with Crippen LogP contribution in [0.25, 0.3) is 0 Å². The summed E-state index contributed by atoms with van der Waals surface area (Å²) in [5.74, 6) is -12.1. The first-order valence-electron chi connectivity index (χ1n) is 8.81. The Morgan fingerprint density at radius 1 is 0.833 bits per heavy atom. The van der Waals surface area contributed by atoms with Gasteiger partial charge in [-0.1, -0.05) is 18.0 Å². The van der Waals surface area contributed by atoms with Crippen molar-refractivity contribution in [3.05, 3.63) is 10.6 Å². The van der Waals surface area contributed by atoms with Gasteiger partial charge in [0.1, 0.15) is 5.02 Å². The van der Waals surface area contributed by atoms with E-state index in [1.807, 2.05) is 0 Å². The van der Waals surface area contributed by atoms with Gasteiger partial charge in [-0.15, -0.1) is 0 Å². The Morgan fingerprint density at radius 3 is 1.50 bits per heavy atom. The van der Waals surface area contributed by atoms with Crippen molar-refractivity contribution < 1.29 is 56.2 Å². The fourth-order valence-corrected chi connectivity index (χ4v) is 4.28. The Morgan fingerprint density at radius 2 is 1.23 bits per heavy atom. The van der Waals surface area contributed by atoms with Crippen molar-refractivity contribution in [3.63, 3.8) is 0 Å². The molecule has 2 rings (SSSR count). The summed E-state index contributed by atoms with van der Waals surface area (Å²) in [6.45, 7) is 0. The van der Waals surface area contributed by atoms with E-state index in [1.165, 1.54) is 19.0 Å². The van der Waals surface area contributed by atoms with Crippen LogP contribution in [0.4, 0.5) is 0 Å². The number of halogens is 1. The van der Waals surface area contributed by atoms with E-state index in [0.29, 0.717) is 6.42 Å². The molecule has 1 aromatic carbocycles. The monoisotopic (exact) mass is 455 g/mol. The van der Waals surface area contributed by atoms with Crippen molar-refractivity contribution in [2.45, 2.75) is 54.7 Å². The molecular weight excluding hydrogens is 430 g/mol. The Bertz CT molecular complexity index is 768. The second kappa shape index (κ2) is 7.51. The number of likely N-dealkylation sites (N-methyl/N-ethyl adjacent to an activating group) is 1. The topological polar surface area (TPSA) is 226 Å². The van der Waals surface area contributed by atoms with Gasteiger partial charge in [-0.05, 0) is 26.9 Å². The maximum absolute atomic E-state index is 10.5. The lowest BCUT2D eigenvalue weighted by Gasteiger charge is -2.54. The van der Waals surface area contributed by atoms with Crippen LogP contribution in [-0.2, 0) is 5.41 Å². The number of benzene rings is 1. The average molecular weight is 456 g/mol. The van der Waals surface area contributed by atoms with E-state index in [9.17, 15) is 56.2 Å². The Hall–Kier alpha value is -1.61. The minimum Gasteiger partial charge on any atom is -0.504 e. The van der Waals surface area contributed by atoms with E-state index in [0.717, 1.165) is 0 Å². The number of aromatic hydroxyl groups is 4. The first-order chi connectivity index (χ1) is 13.4. The molecule has 1 aliphatic rings. The minimum absolute atomic E-state index is 0.137. The van der Waals surface area contributed by atoms with Crippen LogP contribution in [0, 0.1) is 0 Å². The SMILES string of the molecule is CN(C)C(CC(O)(C(O)(O)O)C(O)(O)O)C1(c2c(O)c(O)c(Cl)c(O)c2O)CCC1. The molecule has 0 aliphatic heterocycles. The van der Waals surface area contributed by atoms with E-state index in [2.05, 4.69) is 0 Å². The summed E-state index contributed by atoms with van der Waals surface area (Å²) in [6, 6.07) is -1.25. The summed E-state index contributed by atoms with van der Waals surface area (Å²) in [4.78, 5) is 1.32. The van der Waals surface area contributed by atoms with Crippen molar-refractivity contribution in [1.82, 2.24) is 4.90 Å². The van der Waals surface area contributed by atoms with Crippen molar-refractivity contribution in [2.24, 2.45) is 0 Å².